The Balaban J connectivity index is 2.40. The second-order valence-electron chi connectivity index (χ2n) is 4.70. The van der Waals surface area contributed by atoms with Crippen molar-refractivity contribution < 1.29 is 18.3 Å². The van der Waals surface area contributed by atoms with Crippen molar-refractivity contribution in [1.82, 2.24) is 4.31 Å². The van der Waals surface area contributed by atoms with Crippen LogP contribution in [0.2, 0.25) is 0 Å². The molecule has 0 radical (unpaired) electrons. The topological polar surface area (TPSA) is 98.5 Å². The van der Waals surface area contributed by atoms with Gasteiger partial charge in [0.25, 0.3) is 0 Å². The van der Waals surface area contributed by atoms with Crippen molar-refractivity contribution in [2.75, 3.05) is 6.54 Å². The second kappa shape index (κ2) is 6.13. The molecule has 1 aromatic rings. The molecule has 1 fully saturated rings. The number of carboxylic acid groups (broad SMARTS) is 1. The quantitative estimate of drug-likeness (QED) is 0.825. The Hall–Kier alpha value is -1.43. The summed E-state index contributed by atoms with van der Waals surface area (Å²) in [6.07, 6.45) is 1.65. The van der Waals surface area contributed by atoms with Crippen molar-refractivity contribution in [3.8, 4) is 6.07 Å². The van der Waals surface area contributed by atoms with Gasteiger partial charge in [-0.1, -0.05) is 0 Å². The van der Waals surface area contributed by atoms with Crippen LogP contribution in [0, 0.1) is 11.3 Å². The summed E-state index contributed by atoms with van der Waals surface area (Å²) in [6, 6.07) is 5.77. The van der Waals surface area contributed by atoms with Gasteiger partial charge < -0.3 is 5.11 Å². The molecule has 8 heteroatoms. The minimum atomic E-state index is -3.78. The molecule has 1 aliphatic carbocycles. The van der Waals surface area contributed by atoms with Gasteiger partial charge in [-0.05, 0) is 47.0 Å². The maximum absolute atomic E-state index is 12.6. The predicted molar refractivity (Wildman–Crippen MR) is 78.2 cm³/mol. The number of aromatic carboxylic acids is 1. The summed E-state index contributed by atoms with van der Waals surface area (Å²) in [5.41, 5.74) is -0.105. The van der Waals surface area contributed by atoms with E-state index in [1.807, 2.05) is 6.07 Å². The van der Waals surface area contributed by atoms with Crippen molar-refractivity contribution in [2.24, 2.45) is 0 Å². The number of rotatable bonds is 6. The Kier molecular flexibility index (Phi) is 4.66. The summed E-state index contributed by atoms with van der Waals surface area (Å²) in [7, 11) is -3.78. The fraction of sp³-hybridized carbons (Fsp3) is 0.385. The first-order valence-electron chi connectivity index (χ1n) is 6.29. The van der Waals surface area contributed by atoms with E-state index < -0.39 is 16.0 Å². The average molecular weight is 373 g/mol. The fourth-order valence-electron chi connectivity index (χ4n) is 1.99. The van der Waals surface area contributed by atoms with E-state index in [0.717, 1.165) is 18.9 Å². The van der Waals surface area contributed by atoms with Gasteiger partial charge >= 0.3 is 5.97 Å². The normalized spacial score (nSPS) is 14.9. The Labute approximate surface area is 131 Å². The first kappa shape index (κ1) is 15.9. The highest BCUT2D eigenvalue weighted by atomic mass is 79.9. The Bertz CT molecular complexity index is 707. The van der Waals surface area contributed by atoms with Gasteiger partial charge in [-0.25, -0.2) is 13.2 Å². The molecule has 0 spiro atoms. The number of nitrogens with zero attached hydrogens (tertiary/aromatic N) is 2. The minimum absolute atomic E-state index is 0.0621. The highest BCUT2D eigenvalue weighted by molar-refractivity contribution is 9.10. The van der Waals surface area contributed by atoms with E-state index in [0.29, 0.717) is 4.47 Å². The molecule has 1 aromatic carbocycles. The molecule has 0 aromatic heterocycles. The van der Waals surface area contributed by atoms with Gasteiger partial charge in [-0.15, -0.1) is 0 Å². The lowest BCUT2D eigenvalue weighted by Crippen LogP contribution is -2.34. The van der Waals surface area contributed by atoms with Gasteiger partial charge in [0.05, 0.1) is 16.5 Å². The summed E-state index contributed by atoms with van der Waals surface area (Å²) >= 11 is 3.09. The molecule has 0 aliphatic heterocycles. The Morgan fingerprint density at radius 1 is 1.48 bits per heavy atom. The highest BCUT2D eigenvalue weighted by Crippen LogP contribution is 2.33. The molecule has 0 bridgehead atoms. The number of carbonyl (C=O) groups is 1. The smallest absolute Gasteiger partial charge is 0.336 e. The highest BCUT2D eigenvalue weighted by Gasteiger charge is 2.38. The van der Waals surface area contributed by atoms with Gasteiger partial charge in [0.2, 0.25) is 10.0 Å². The van der Waals surface area contributed by atoms with E-state index in [1.54, 1.807) is 0 Å². The number of sulfonamides is 1. The average Bonchev–Trinajstić information content (AvgIpc) is 3.23. The molecule has 1 saturated carbocycles. The SMILES string of the molecule is N#CCCN(C1CC1)S(=O)(=O)c1ccc(Br)c(C(=O)O)c1. The molecule has 0 heterocycles. The first-order valence-corrected chi connectivity index (χ1v) is 8.53. The Morgan fingerprint density at radius 3 is 2.67 bits per heavy atom. The third-order valence-corrected chi connectivity index (χ3v) is 5.81. The van der Waals surface area contributed by atoms with Gasteiger partial charge in [-0.3, -0.25) is 0 Å². The van der Waals surface area contributed by atoms with Crippen LogP contribution >= 0.6 is 15.9 Å². The zero-order chi connectivity index (χ0) is 15.6. The number of nitriles is 1. The van der Waals surface area contributed by atoms with Crippen LogP contribution in [0.3, 0.4) is 0 Å². The summed E-state index contributed by atoms with van der Waals surface area (Å²) < 4.78 is 26.8. The number of hydrogen-bond acceptors (Lipinski definition) is 4. The van der Waals surface area contributed by atoms with Crippen LogP contribution in [-0.2, 0) is 10.0 Å². The third-order valence-electron chi connectivity index (χ3n) is 3.17. The minimum Gasteiger partial charge on any atom is -0.478 e. The molecule has 0 saturated heterocycles. The largest absolute Gasteiger partial charge is 0.478 e. The van der Waals surface area contributed by atoms with Crippen LogP contribution in [0.5, 0.6) is 0 Å². The number of halogens is 1. The van der Waals surface area contributed by atoms with Crippen LogP contribution in [-0.4, -0.2) is 36.4 Å². The van der Waals surface area contributed by atoms with Crippen molar-refractivity contribution in [1.29, 1.82) is 5.26 Å². The fourth-order valence-corrected chi connectivity index (χ4v) is 4.11. The maximum Gasteiger partial charge on any atom is 0.336 e. The number of hydrogen-bond donors (Lipinski definition) is 1. The van der Waals surface area contributed by atoms with Crippen LogP contribution in [0.15, 0.2) is 27.6 Å². The van der Waals surface area contributed by atoms with E-state index in [9.17, 15) is 13.2 Å². The van der Waals surface area contributed by atoms with Crippen molar-refractivity contribution >= 4 is 31.9 Å². The monoisotopic (exact) mass is 372 g/mol. The predicted octanol–water partition coefficient (Wildman–Crippen LogP) is 2.21. The number of carboxylic acids is 1. The zero-order valence-corrected chi connectivity index (χ0v) is 13.4. The molecule has 21 heavy (non-hydrogen) atoms. The van der Waals surface area contributed by atoms with E-state index in [4.69, 9.17) is 10.4 Å². The summed E-state index contributed by atoms with van der Waals surface area (Å²) in [4.78, 5) is 11.0. The lowest BCUT2D eigenvalue weighted by atomic mass is 10.2. The third kappa shape index (κ3) is 3.43. The van der Waals surface area contributed by atoms with E-state index in [1.165, 1.54) is 16.4 Å². The van der Waals surface area contributed by atoms with E-state index >= 15 is 0 Å². The summed E-state index contributed by atoms with van der Waals surface area (Å²) in [6.45, 7) is 0.127. The summed E-state index contributed by atoms with van der Waals surface area (Å²) in [5.74, 6) is -1.20. The zero-order valence-electron chi connectivity index (χ0n) is 11.0. The van der Waals surface area contributed by atoms with Crippen LogP contribution in [0.1, 0.15) is 29.6 Å². The Morgan fingerprint density at radius 2 is 2.14 bits per heavy atom. The van der Waals surface area contributed by atoms with Gasteiger partial charge in [0.1, 0.15) is 0 Å². The van der Waals surface area contributed by atoms with Gasteiger partial charge in [-0.2, -0.15) is 9.57 Å². The summed E-state index contributed by atoms with van der Waals surface area (Å²) in [5, 5.41) is 17.7. The lowest BCUT2D eigenvalue weighted by molar-refractivity contribution is 0.0695. The molecule has 2 rings (SSSR count). The molecule has 0 atom stereocenters. The van der Waals surface area contributed by atoms with Crippen LogP contribution in [0.4, 0.5) is 0 Å². The molecular formula is C13H13BrN2O4S. The molecule has 0 amide bonds. The number of benzene rings is 1. The van der Waals surface area contributed by atoms with Crippen molar-refractivity contribution in [3.05, 3.63) is 28.2 Å². The lowest BCUT2D eigenvalue weighted by Gasteiger charge is -2.21. The van der Waals surface area contributed by atoms with Crippen LogP contribution < -0.4 is 0 Å². The molecule has 112 valence electrons. The van der Waals surface area contributed by atoms with E-state index in [-0.39, 0.29) is 29.5 Å². The maximum atomic E-state index is 12.6. The second-order valence-corrected chi connectivity index (χ2v) is 7.45. The van der Waals surface area contributed by atoms with Gasteiger partial charge in [0.15, 0.2) is 0 Å². The first-order chi connectivity index (χ1) is 9.87. The molecule has 1 N–H and O–H groups in total. The van der Waals surface area contributed by atoms with Gasteiger partial charge in [0, 0.05) is 23.5 Å². The van der Waals surface area contributed by atoms with Crippen molar-refractivity contribution in [2.45, 2.75) is 30.2 Å². The molecule has 1 aliphatic rings. The molecule has 0 unspecified atom stereocenters. The van der Waals surface area contributed by atoms with Crippen molar-refractivity contribution in [3.63, 3.8) is 0 Å². The van der Waals surface area contributed by atoms with E-state index in [2.05, 4.69) is 15.9 Å². The molecular weight excluding hydrogens is 360 g/mol. The van der Waals surface area contributed by atoms with Crippen LogP contribution in [0.25, 0.3) is 0 Å². The molecule has 6 nitrogen and oxygen atoms in total. The standard InChI is InChI=1S/C13H13BrN2O4S/c14-12-5-4-10(8-11(12)13(17)18)21(19,20)16(7-1-6-15)9-2-3-9/h4-5,8-9H,1-3,7H2,(H,17,18).